The standard InChI is InChI=1S/C13H10BrFN4/c1-7-10(17)6-18-13(12(7)14)19-11-3-2-8(5-16)4-9(11)15/h2-4,6H,17H2,1H3,(H,18,19). The van der Waals surface area contributed by atoms with Crippen molar-refractivity contribution in [2.45, 2.75) is 6.92 Å². The molecule has 1 aromatic carbocycles. The van der Waals surface area contributed by atoms with E-state index in [1.54, 1.807) is 0 Å². The molecule has 96 valence electrons. The molecular formula is C13H10BrFN4. The van der Waals surface area contributed by atoms with Gasteiger partial charge in [0.15, 0.2) is 0 Å². The maximum Gasteiger partial charge on any atom is 0.147 e. The fraction of sp³-hybridized carbons (Fsp3) is 0.0769. The number of nitriles is 1. The molecule has 0 radical (unpaired) electrons. The highest BCUT2D eigenvalue weighted by Crippen LogP contribution is 2.30. The Morgan fingerprint density at radius 3 is 2.84 bits per heavy atom. The van der Waals surface area contributed by atoms with Crippen molar-refractivity contribution in [2.75, 3.05) is 11.1 Å². The minimum atomic E-state index is -0.512. The number of hydrogen-bond acceptors (Lipinski definition) is 4. The van der Waals surface area contributed by atoms with E-state index in [4.69, 9.17) is 11.0 Å². The van der Waals surface area contributed by atoms with Crippen LogP contribution in [0.4, 0.5) is 21.6 Å². The molecule has 6 heteroatoms. The van der Waals surface area contributed by atoms with E-state index in [1.807, 2.05) is 13.0 Å². The number of nitrogens with two attached hydrogens (primary N) is 1. The zero-order valence-electron chi connectivity index (χ0n) is 10.0. The van der Waals surface area contributed by atoms with E-state index < -0.39 is 5.82 Å². The van der Waals surface area contributed by atoms with Crippen LogP contribution in [0.2, 0.25) is 0 Å². The Morgan fingerprint density at radius 2 is 2.21 bits per heavy atom. The number of nitrogens with zero attached hydrogens (tertiary/aromatic N) is 2. The molecule has 0 bridgehead atoms. The average Bonchev–Trinajstić information content (AvgIpc) is 2.41. The van der Waals surface area contributed by atoms with Gasteiger partial charge in [-0.2, -0.15) is 5.26 Å². The van der Waals surface area contributed by atoms with E-state index in [2.05, 4.69) is 26.2 Å². The second kappa shape index (κ2) is 5.24. The Morgan fingerprint density at radius 1 is 1.47 bits per heavy atom. The molecule has 0 aliphatic rings. The number of aromatic nitrogens is 1. The number of nitrogen functional groups attached to an aromatic ring is 1. The molecule has 0 saturated heterocycles. The smallest absolute Gasteiger partial charge is 0.147 e. The van der Waals surface area contributed by atoms with E-state index >= 15 is 0 Å². The molecule has 0 unspecified atom stereocenters. The lowest BCUT2D eigenvalue weighted by Gasteiger charge is -2.11. The zero-order valence-corrected chi connectivity index (χ0v) is 11.6. The normalized spacial score (nSPS) is 10.0. The maximum atomic E-state index is 13.8. The average molecular weight is 321 g/mol. The predicted molar refractivity (Wildman–Crippen MR) is 75.5 cm³/mol. The minimum absolute atomic E-state index is 0.247. The van der Waals surface area contributed by atoms with Gasteiger partial charge < -0.3 is 11.1 Å². The van der Waals surface area contributed by atoms with Crippen molar-refractivity contribution in [1.29, 1.82) is 5.26 Å². The van der Waals surface area contributed by atoms with Crippen LogP contribution in [-0.4, -0.2) is 4.98 Å². The number of anilines is 3. The first-order chi connectivity index (χ1) is 9.02. The lowest BCUT2D eigenvalue weighted by atomic mass is 10.2. The highest BCUT2D eigenvalue weighted by molar-refractivity contribution is 9.10. The summed E-state index contributed by atoms with van der Waals surface area (Å²) in [6.07, 6.45) is 1.50. The Balaban J connectivity index is 2.37. The summed E-state index contributed by atoms with van der Waals surface area (Å²) in [5.74, 6) is -0.0439. The van der Waals surface area contributed by atoms with Crippen LogP contribution in [0, 0.1) is 24.1 Å². The summed E-state index contributed by atoms with van der Waals surface area (Å²) in [6, 6.07) is 6.07. The van der Waals surface area contributed by atoms with Gasteiger partial charge in [0.05, 0.1) is 33.7 Å². The molecule has 0 atom stereocenters. The Labute approximate surface area is 118 Å². The highest BCUT2D eigenvalue weighted by atomic mass is 79.9. The Bertz CT molecular complexity index is 679. The van der Waals surface area contributed by atoms with Gasteiger partial charge in [0.25, 0.3) is 0 Å². The summed E-state index contributed by atoms with van der Waals surface area (Å²) in [5, 5.41) is 11.5. The fourth-order valence-electron chi connectivity index (χ4n) is 1.49. The Hall–Kier alpha value is -2.13. The van der Waals surface area contributed by atoms with Crippen molar-refractivity contribution in [2.24, 2.45) is 0 Å². The van der Waals surface area contributed by atoms with Crippen molar-refractivity contribution in [3.05, 3.63) is 45.8 Å². The van der Waals surface area contributed by atoms with E-state index in [0.717, 1.165) is 5.56 Å². The summed E-state index contributed by atoms with van der Waals surface area (Å²) in [4.78, 5) is 4.10. The summed E-state index contributed by atoms with van der Waals surface area (Å²) >= 11 is 3.36. The molecule has 0 fully saturated rings. The second-order valence-corrected chi connectivity index (χ2v) is 4.73. The SMILES string of the molecule is Cc1c(N)cnc(Nc2ccc(C#N)cc2F)c1Br. The number of halogens is 2. The molecule has 4 nitrogen and oxygen atoms in total. The topological polar surface area (TPSA) is 74.7 Å². The first-order valence-corrected chi connectivity index (χ1v) is 6.19. The van der Waals surface area contributed by atoms with Crippen LogP contribution in [0.25, 0.3) is 0 Å². The summed E-state index contributed by atoms with van der Waals surface area (Å²) in [5.41, 5.74) is 7.61. The third kappa shape index (κ3) is 2.66. The van der Waals surface area contributed by atoms with Gasteiger partial charge >= 0.3 is 0 Å². The molecule has 19 heavy (non-hydrogen) atoms. The van der Waals surface area contributed by atoms with E-state index in [-0.39, 0.29) is 11.3 Å². The zero-order chi connectivity index (χ0) is 14.0. The number of nitrogens with one attached hydrogen (secondary N) is 1. The molecule has 2 rings (SSSR count). The van der Waals surface area contributed by atoms with Gasteiger partial charge in [-0.25, -0.2) is 9.37 Å². The van der Waals surface area contributed by atoms with Crippen molar-refractivity contribution in [3.8, 4) is 6.07 Å². The van der Waals surface area contributed by atoms with Crippen LogP contribution in [-0.2, 0) is 0 Å². The lowest BCUT2D eigenvalue weighted by Crippen LogP contribution is -2.01. The first-order valence-electron chi connectivity index (χ1n) is 5.40. The van der Waals surface area contributed by atoms with Crippen LogP contribution in [0.1, 0.15) is 11.1 Å². The number of pyridine rings is 1. The van der Waals surface area contributed by atoms with Crippen LogP contribution in [0.3, 0.4) is 0 Å². The molecule has 3 N–H and O–H groups in total. The van der Waals surface area contributed by atoms with Crippen molar-refractivity contribution < 1.29 is 4.39 Å². The predicted octanol–water partition coefficient (Wildman–Crippen LogP) is 3.49. The molecule has 0 saturated carbocycles. The van der Waals surface area contributed by atoms with Crippen LogP contribution in [0.15, 0.2) is 28.9 Å². The van der Waals surface area contributed by atoms with Gasteiger partial charge in [-0.05, 0) is 46.6 Å². The van der Waals surface area contributed by atoms with Gasteiger partial charge in [-0.3, -0.25) is 0 Å². The molecule has 1 heterocycles. The number of hydrogen-bond donors (Lipinski definition) is 2. The van der Waals surface area contributed by atoms with E-state index in [1.165, 1.54) is 24.4 Å². The van der Waals surface area contributed by atoms with Gasteiger partial charge in [0, 0.05) is 0 Å². The molecule has 1 aromatic heterocycles. The van der Waals surface area contributed by atoms with Crippen molar-refractivity contribution in [3.63, 3.8) is 0 Å². The third-order valence-electron chi connectivity index (χ3n) is 2.65. The first kappa shape index (κ1) is 13.3. The number of benzene rings is 1. The molecule has 0 amide bonds. The number of rotatable bonds is 2. The van der Waals surface area contributed by atoms with Crippen molar-refractivity contribution in [1.82, 2.24) is 4.98 Å². The molecule has 0 aliphatic heterocycles. The molecule has 2 aromatic rings. The van der Waals surface area contributed by atoms with Gasteiger partial charge in [-0.15, -0.1) is 0 Å². The minimum Gasteiger partial charge on any atom is -0.397 e. The van der Waals surface area contributed by atoms with Gasteiger partial charge in [0.2, 0.25) is 0 Å². The van der Waals surface area contributed by atoms with Crippen LogP contribution >= 0.6 is 15.9 Å². The monoisotopic (exact) mass is 320 g/mol. The Kier molecular flexibility index (Phi) is 3.67. The van der Waals surface area contributed by atoms with Crippen LogP contribution in [0.5, 0.6) is 0 Å². The lowest BCUT2D eigenvalue weighted by molar-refractivity contribution is 0.631. The molecular weight excluding hydrogens is 311 g/mol. The third-order valence-corrected chi connectivity index (χ3v) is 3.62. The fourth-order valence-corrected chi connectivity index (χ4v) is 1.92. The van der Waals surface area contributed by atoms with Crippen LogP contribution < -0.4 is 11.1 Å². The second-order valence-electron chi connectivity index (χ2n) is 3.93. The highest BCUT2D eigenvalue weighted by Gasteiger charge is 2.10. The molecule has 0 aliphatic carbocycles. The summed E-state index contributed by atoms with van der Waals surface area (Å²) in [6.45, 7) is 1.83. The van der Waals surface area contributed by atoms with E-state index in [0.29, 0.717) is 16.0 Å². The summed E-state index contributed by atoms with van der Waals surface area (Å²) < 4.78 is 14.4. The largest absolute Gasteiger partial charge is 0.397 e. The van der Waals surface area contributed by atoms with E-state index in [9.17, 15) is 4.39 Å². The maximum absolute atomic E-state index is 13.8. The van der Waals surface area contributed by atoms with Crippen molar-refractivity contribution >= 4 is 33.1 Å². The summed E-state index contributed by atoms with van der Waals surface area (Å²) in [7, 11) is 0. The quantitative estimate of drug-likeness (QED) is 0.888. The molecule has 0 spiro atoms. The van der Waals surface area contributed by atoms with Gasteiger partial charge in [-0.1, -0.05) is 0 Å². The van der Waals surface area contributed by atoms with Gasteiger partial charge in [0.1, 0.15) is 11.6 Å².